The van der Waals surface area contributed by atoms with Crippen LogP contribution in [0.2, 0.25) is 5.02 Å². The van der Waals surface area contributed by atoms with Crippen molar-refractivity contribution in [3.63, 3.8) is 0 Å². The summed E-state index contributed by atoms with van der Waals surface area (Å²) in [6.45, 7) is 1.66. The SMILES string of the molecule is O=C(/C=C/c1cc(Cl)c2c(c1)OCO2)N(CC1CCCO1)C1CCSC1. The minimum atomic E-state index is 0.0294. The van der Waals surface area contributed by atoms with E-state index in [1.54, 1.807) is 18.2 Å². The second-order valence-electron chi connectivity index (χ2n) is 6.71. The second kappa shape index (κ2) is 8.11. The molecular weight excluding hydrogens is 374 g/mol. The lowest BCUT2D eigenvalue weighted by atomic mass is 10.1. The zero-order valence-electron chi connectivity index (χ0n) is 14.5. The van der Waals surface area contributed by atoms with Crippen molar-refractivity contribution in [1.82, 2.24) is 4.90 Å². The van der Waals surface area contributed by atoms with E-state index in [2.05, 4.69) is 0 Å². The quantitative estimate of drug-likeness (QED) is 0.713. The highest BCUT2D eigenvalue weighted by atomic mass is 35.5. The van der Waals surface area contributed by atoms with Crippen LogP contribution < -0.4 is 9.47 Å². The van der Waals surface area contributed by atoms with Gasteiger partial charge >= 0.3 is 0 Å². The predicted octanol–water partition coefficient (Wildman–Crippen LogP) is 3.60. The molecule has 0 saturated carbocycles. The van der Waals surface area contributed by atoms with Gasteiger partial charge in [0.15, 0.2) is 11.5 Å². The summed E-state index contributed by atoms with van der Waals surface area (Å²) < 4.78 is 16.5. The van der Waals surface area contributed by atoms with Crippen LogP contribution in [0.4, 0.5) is 0 Å². The van der Waals surface area contributed by atoms with E-state index in [0.29, 0.717) is 29.1 Å². The minimum Gasteiger partial charge on any atom is -0.454 e. The monoisotopic (exact) mass is 395 g/mol. The summed E-state index contributed by atoms with van der Waals surface area (Å²) in [5, 5.41) is 0.496. The highest BCUT2D eigenvalue weighted by Gasteiger charge is 2.29. The molecule has 7 heteroatoms. The zero-order valence-corrected chi connectivity index (χ0v) is 16.1. The van der Waals surface area contributed by atoms with Crippen molar-refractivity contribution < 1.29 is 19.0 Å². The number of ether oxygens (including phenoxy) is 3. The van der Waals surface area contributed by atoms with Crippen LogP contribution >= 0.6 is 23.4 Å². The fourth-order valence-electron chi connectivity index (χ4n) is 3.54. The van der Waals surface area contributed by atoms with Gasteiger partial charge in [0.1, 0.15) is 0 Å². The molecule has 0 aliphatic carbocycles. The van der Waals surface area contributed by atoms with Gasteiger partial charge in [0.25, 0.3) is 0 Å². The molecular formula is C19H22ClNO4S. The van der Waals surface area contributed by atoms with Crippen molar-refractivity contribution in [2.75, 3.05) is 31.5 Å². The molecule has 2 unspecified atom stereocenters. The molecule has 3 aliphatic rings. The lowest BCUT2D eigenvalue weighted by Gasteiger charge is -2.29. The maximum absolute atomic E-state index is 12.9. The Labute approximate surface area is 162 Å². The number of carbonyl (C=O) groups is 1. The summed E-state index contributed by atoms with van der Waals surface area (Å²) in [6.07, 6.45) is 6.75. The Bertz CT molecular complexity index is 699. The molecule has 5 nitrogen and oxygen atoms in total. The highest BCUT2D eigenvalue weighted by molar-refractivity contribution is 7.99. The van der Waals surface area contributed by atoms with Crippen LogP contribution in [0.1, 0.15) is 24.8 Å². The Hall–Kier alpha value is -1.37. The first-order valence-electron chi connectivity index (χ1n) is 8.98. The van der Waals surface area contributed by atoms with Gasteiger partial charge < -0.3 is 19.1 Å². The van der Waals surface area contributed by atoms with Gasteiger partial charge in [-0.25, -0.2) is 0 Å². The molecule has 0 N–H and O–H groups in total. The average Bonchev–Trinajstić information content (AvgIpc) is 3.39. The van der Waals surface area contributed by atoms with E-state index in [1.807, 2.05) is 22.7 Å². The van der Waals surface area contributed by atoms with Gasteiger partial charge in [-0.2, -0.15) is 11.8 Å². The standard InChI is InChI=1S/C19H22ClNO4S/c20-16-8-13(9-17-19(16)25-12-24-17)3-4-18(22)21(14-5-7-26-11-14)10-15-2-1-6-23-15/h3-4,8-9,14-15H,1-2,5-7,10-12H2/b4-3+. The van der Waals surface area contributed by atoms with Gasteiger partial charge in [-0.1, -0.05) is 11.6 Å². The summed E-state index contributed by atoms with van der Waals surface area (Å²) >= 11 is 8.13. The van der Waals surface area contributed by atoms with Crippen molar-refractivity contribution in [2.24, 2.45) is 0 Å². The zero-order chi connectivity index (χ0) is 17.9. The van der Waals surface area contributed by atoms with Crippen LogP contribution in [0.3, 0.4) is 0 Å². The number of amides is 1. The molecule has 2 saturated heterocycles. The van der Waals surface area contributed by atoms with Crippen molar-refractivity contribution in [3.05, 3.63) is 28.8 Å². The van der Waals surface area contributed by atoms with Crippen LogP contribution in [-0.2, 0) is 9.53 Å². The molecule has 1 aromatic carbocycles. The number of thioether (sulfide) groups is 1. The van der Waals surface area contributed by atoms with Gasteiger partial charge in [0, 0.05) is 31.0 Å². The fraction of sp³-hybridized carbons (Fsp3) is 0.526. The van der Waals surface area contributed by atoms with E-state index in [9.17, 15) is 4.79 Å². The Kier molecular flexibility index (Phi) is 5.62. The van der Waals surface area contributed by atoms with Gasteiger partial charge in [0.2, 0.25) is 12.7 Å². The Morgan fingerprint density at radius 3 is 3.04 bits per heavy atom. The molecule has 140 valence electrons. The summed E-state index contributed by atoms with van der Waals surface area (Å²) in [5.74, 6) is 3.33. The van der Waals surface area contributed by atoms with E-state index in [1.165, 1.54) is 0 Å². The topological polar surface area (TPSA) is 48.0 Å². The molecule has 3 heterocycles. The number of halogens is 1. The molecule has 3 aliphatic heterocycles. The molecule has 1 amide bonds. The summed E-state index contributed by atoms with van der Waals surface area (Å²) in [4.78, 5) is 14.9. The third-order valence-electron chi connectivity index (χ3n) is 4.92. The van der Waals surface area contributed by atoms with Crippen molar-refractivity contribution >= 4 is 35.3 Å². The molecule has 0 radical (unpaired) electrons. The normalized spacial score (nSPS) is 24.5. The van der Waals surface area contributed by atoms with Crippen LogP contribution in [0.5, 0.6) is 11.5 Å². The molecule has 4 rings (SSSR count). The minimum absolute atomic E-state index is 0.0294. The summed E-state index contributed by atoms with van der Waals surface area (Å²) in [5.41, 5.74) is 0.825. The van der Waals surface area contributed by atoms with E-state index < -0.39 is 0 Å². The Morgan fingerprint density at radius 1 is 1.35 bits per heavy atom. The second-order valence-corrected chi connectivity index (χ2v) is 8.27. The van der Waals surface area contributed by atoms with E-state index >= 15 is 0 Å². The number of rotatable bonds is 5. The number of hydrogen-bond donors (Lipinski definition) is 0. The number of fused-ring (bicyclic) bond motifs is 1. The molecule has 0 bridgehead atoms. The molecule has 0 aromatic heterocycles. The first kappa shape index (κ1) is 18.0. The van der Waals surface area contributed by atoms with Crippen LogP contribution in [-0.4, -0.2) is 54.4 Å². The van der Waals surface area contributed by atoms with Gasteiger partial charge in [-0.3, -0.25) is 4.79 Å². The first-order valence-corrected chi connectivity index (χ1v) is 10.5. The molecule has 2 atom stereocenters. The van der Waals surface area contributed by atoms with E-state index in [0.717, 1.165) is 42.9 Å². The van der Waals surface area contributed by atoms with Crippen molar-refractivity contribution in [3.8, 4) is 11.5 Å². The lowest BCUT2D eigenvalue weighted by Crippen LogP contribution is -2.43. The van der Waals surface area contributed by atoms with Crippen LogP contribution in [0.25, 0.3) is 6.08 Å². The number of carbonyl (C=O) groups excluding carboxylic acids is 1. The molecule has 1 aromatic rings. The number of benzene rings is 1. The fourth-order valence-corrected chi connectivity index (χ4v) is 5.04. The van der Waals surface area contributed by atoms with Crippen molar-refractivity contribution in [1.29, 1.82) is 0 Å². The maximum Gasteiger partial charge on any atom is 0.246 e. The van der Waals surface area contributed by atoms with Crippen LogP contribution in [0, 0.1) is 0 Å². The smallest absolute Gasteiger partial charge is 0.246 e. The third kappa shape index (κ3) is 3.97. The third-order valence-corrected chi connectivity index (χ3v) is 6.35. The molecule has 0 spiro atoms. The summed E-state index contributed by atoms with van der Waals surface area (Å²) in [7, 11) is 0. The lowest BCUT2D eigenvalue weighted by molar-refractivity contribution is -0.129. The highest BCUT2D eigenvalue weighted by Crippen LogP contribution is 2.40. The predicted molar refractivity (Wildman–Crippen MR) is 103 cm³/mol. The van der Waals surface area contributed by atoms with Gasteiger partial charge in [-0.05, 0) is 48.8 Å². The first-order chi connectivity index (χ1) is 12.7. The van der Waals surface area contributed by atoms with E-state index in [4.69, 9.17) is 25.8 Å². The van der Waals surface area contributed by atoms with Crippen LogP contribution in [0.15, 0.2) is 18.2 Å². The summed E-state index contributed by atoms with van der Waals surface area (Å²) in [6, 6.07) is 3.92. The van der Waals surface area contributed by atoms with Gasteiger partial charge in [-0.15, -0.1) is 0 Å². The van der Waals surface area contributed by atoms with Gasteiger partial charge in [0.05, 0.1) is 11.1 Å². The van der Waals surface area contributed by atoms with E-state index in [-0.39, 0.29) is 18.8 Å². The number of hydrogen-bond acceptors (Lipinski definition) is 5. The largest absolute Gasteiger partial charge is 0.454 e. The Morgan fingerprint density at radius 2 is 2.27 bits per heavy atom. The Balaban J connectivity index is 1.48. The molecule has 26 heavy (non-hydrogen) atoms. The average molecular weight is 396 g/mol. The van der Waals surface area contributed by atoms with Crippen molar-refractivity contribution in [2.45, 2.75) is 31.4 Å². The number of nitrogens with zero attached hydrogens (tertiary/aromatic N) is 1. The molecule has 2 fully saturated rings. The maximum atomic E-state index is 12.9.